The van der Waals surface area contributed by atoms with Gasteiger partial charge < -0.3 is 10.4 Å². The molecule has 2 unspecified atom stereocenters. The molecule has 3 rings (SSSR count). The van der Waals surface area contributed by atoms with E-state index in [1.807, 2.05) is 18.2 Å². The summed E-state index contributed by atoms with van der Waals surface area (Å²) in [5.74, 6) is -0.235. The van der Waals surface area contributed by atoms with Gasteiger partial charge in [0.05, 0.1) is 6.10 Å². The summed E-state index contributed by atoms with van der Waals surface area (Å²) >= 11 is 0. The van der Waals surface area contributed by atoms with Crippen molar-refractivity contribution in [3.8, 4) is 0 Å². The average molecular weight is 245 g/mol. The first-order valence-electron chi connectivity index (χ1n) is 6.36. The molecular weight excluding hydrogens is 229 g/mol. The molecule has 0 amide bonds. The molecule has 2 aromatic rings. The van der Waals surface area contributed by atoms with E-state index in [-0.39, 0.29) is 11.9 Å². The fourth-order valence-electron chi connectivity index (χ4n) is 2.74. The van der Waals surface area contributed by atoms with Crippen LogP contribution in [0.25, 0.3) is 10.8 Å². The summed E-state index contributed by atoms with van der Waals surface area (Å²) in [6.45, 7) is 0.945. The van der Waals surface area contributed by atoms with Crippen molar-refractivity contribution in [2.75, 3.05) is 6.54 Å². The minimum Gasteiger partial charge on any atom is -0.387 e. The normalized spacial score (nSPS) is 21.3. The first-order chi connectivity index (χ1) is 8.77. The molecule has 1 fully saturated rings. The summed E-state index contributed by atoms with van der Waals surface area (Å²) in [6, 6.07) is 10.5. The second-order valence-corrected chi connectivity index (χ2v) is 4.83. The zero-order chi connectivity index (χ0) is 12.5. The maximum atomic E-state index is 13.7. The lowest BCUT2D eigenvalue weighted by Crippen LogP contribution is -2.28. The average Bonchev–Trinajstić information content (AvgIpc) is 2.93. The third-order valence-electron chi connectivity index (χ3n) is 3.70. The van der Waals surface area contributed by atoms with Crippen LogP contribution in [0.4, 0.5) is 4.39 Å². The number of benzene rings is 2. The van der Waals surface area contributed by atoms with Crippen molar-refractivity contribution < 1.29 is 9.50 Å². The highest BCUT2D eigenvalue weighted by molar-refractivity contribution is 5.86. The van der Waals surface area contributed by atoms with Crippen molar-refractivity contribution in [1.82, 2.24) is 5.32 Å². The highest BCUT2D eigenvalue weighted by atomic mass is 19.1. The zero-order valence-electron chi connectivity index (χ0n) is 10.1. The van der Waals surface area contributed by atoms with Crippen LogP contribution in [0.5, 0.6) is 0 Å². The summed E-state index contributed by atoms with van der Waals surface area (Å²) < 4.78 is 13.7. The van der Waals surface area contributed by atoms with Crippen LogP contribution in [0.3, 0.4) is 0 Å². The number of hydrogen-bond acceptors (Lipinski definition) is 2. The summed E-state index contributed by atoms with van der Waals surface area (Å²) in [5, 5.41) is 15.1. The molecule has 94 valence electrons. The largest absolute Gasteiger partial charge is 0.387 e. The van der Waals surface area contributed by atoms with Gasteiger partial charge in [0, 0.05) is 11.4 Å². The van der Waals surface area contributed by atoms with Crippen LogP contribution in [0, 0.1) is 5.82 Å². The van der Waals surface area contributed by atoms with E-state index in [1.54, 1.807) is 12.1 Å². The maximum absolute atomic E-state index is 13.7. The van der Waals surface area contributed by atoms with Gasteiger partial charge in [-0.25, -0.2) is 4.39 Å². The monoisotopic (exact) mass is 245 g/mol. The van der Waals surface area contributed by atoms with Gasteiger partial charge in [-0.3, -0.25) is 0 Å². The Balaban J connectivity index is 2.08. The molecule has 0 aliphatic carbocycles. The van der Waals surface area contributed by atoms with Gasteiger partial charge in [-0.2, -0.15) is 0 Å². The van der Waals surface area contributed by atoms with E-state index < -0.39 is 6.10 Å². The Morgan fingerprint density at radius 1 is 1.17 bits per heavy atom. The quantitative estimate of drug-likeness (QED) is 0.852. The molecule has 0 spiro atoms. The summed E-state index contributed by atoms with van der Waals surface area (Å²) in [4.78, 5) is 0. The predicted molar refractivity (Wildman–Crippen MR) is 69.9 cm³/mol. The third-order valence-corrected chi connectivity index (χ3v) is 3.70. The lowest BCUT2D eigenvalue weighted by Gasteiger charge is -2.20. The molecule has 0 bridgehead atoms. The Morgan fingerprint density at radius 2 is 1.94 bits per heavy atom. The first-order valence-corrected chi connectivity index (χ1v) is 6.36. The Bertz CT molecular complexity index is 563. The van der Waals surface area contributed by atoms with E-state index in [4.69, 9.17) is 0 Å². The van der Waals surface area contributed by atoms with Gasteiger partial charge in [-0.1, -0.05) is 30.3 Å². The van der Waals surface area contributed by atoms with Crippen molar-refractivity contribution in [3.63, 3.8) is 0 Å². The smallest absolute Gasteiger partial charge is 0.131 e. The summed E-state index contributed by atoms with van der Waals surface area (Å²) in [6.07, 6.45) is 1.48. The van der Waals surface area contributed by atoms with Gasteiger partial charge in [-0.15, -0.1) is 0 Å². The van der Waals surface area contributed by atoms with Gasteiger partial charge in [-0.05, 0) is 36.4 Å². The van der Waals surface area contributed by atoms with Crippen LogP contribution in [0.15, 0.2) is 36.4 Å². The van der Waals surface area contributed by atoms with E-state index in [1.165, 1.54) is 6.07 Å². The zero-order valence-corrected chi connectivity index (χ0v) is 10.1. The molecular formula is C15H16FNO. The predicted octanol–water partition coefficient (Wildman–Crippen LogP) is 2.76. The van der Waals surface area contributed by atoms with E-state index in [0.717, 1.165) is 30.3 Å². The van der Waals surface area contributed by atoms with Crippen molar-refractivity contribution >= 4 is 10.8 Å². The Morgan fingerprint density at radius 3 is 2.67 bits per heavy atom. The lowest BCUT2D eigenvalue weighted by atomic mass is 9.95. The van der Waals surface area contributed by atoms with Gasteiger partial charge in [0.2, 0.25) is 0 Å². The number of fused-ring (bicyclic) bond motifs is 1. The van der Waals surface area contributed by atoms with Gasteiger partial charge in [0.1, 0.15) is 5.82 Å². The van der Waals surface area contributed by atoms with Crippen LogP contribution in [0.2, 0.25) is 0 Å². The molecule has 1 saturated heterocycles. The number of aliphatic hydroxyl groups is 1. The molecule has 2 N–H and O–H groups in total. The molecule has 1 aliphatic heterocycles. The molecule has 1 heterocycles. The number of rotatable bonds is 2. The van der Waals surface area contributed by atoms with E-state index >= 15 is 0 Å². The van der Waals surface area contributed by atoms with Crippen molar-refractivity contribution in [2.24, 2.45) is 0 Å². The lowest BCUT2D eigenvalue weighted by molar-refractivity contribution is 0.139. The van der Waals surface area contributed by atoms with Crippen molar-refractivity contribution in [2.45, 2.75) is 25.0 Å². The first kappa shape index (κ1) is 11.6. The molecule has 2 nitrogen and oxygen atoms in total. The highest BCUT2D eigenvalue weighted by Crippen LogP contribution is 2.30. The molecule has 2 atom stereocenters. The molecule has 0 saturated carbocycles. The Kier molecular flexibility index (Phi) is 3.02. The van der Waals surface area contributed by atoms with Crippen molar-refractivity contribution in [3.05, 3.63) is 47.8 Å². The van der Waals surface area contributed by atoms with Gasteiger partial charge in [0.25, 0.3) is 0 Å². The topological polar surface area (TPSA) is 32.3 Å². The Hall–Kier alpha value is -1.45. The standard InChI is InChI=1S/C15H16FNO/c16-13-8-7-12(10-4-1-2-5-11(10)13)15(18)14-6-3-9-17-14/h1-2,4-5,7-8,14-15,17-18H,3,6,9H2. The molecule has 2 aromatic carbocycles. The number of nitrogens with one attached hydrogen (secondary N) is 1. The van der Waals surface area contributed by atoms with Crippen LogP contribution < -0.4 is 5.32 Å². The fourth-order valence-corrected chi connectivity index (χ4v) is 2.74. The minimum atomic E-state index is -0.571. The fraction of sp³-hybridized carbons (Fsp3) is 0.333. The maximum Gasteiger partial charge on any atom is 0.131 e. The second-order valence-electron chi connectivity index (χ2n) is 4.83. The summed E-state index contributed by atoms with van der Waals surface area (Å²) in [5.41, 5.74) is 0.811. The van der Waals surface area contributed by atoms with E-state index in [9.17, 15) is 9.50 Å². The number of hydrogen-bond donors (Lipinski definition) is 2. The second kappa shape index (κ2) is 4.67. The molecule has 3 heteroatoms. The SMILES string of the molecule is OC(c1ccc(F)c2ccccc12)C1CCCN1. The third kappa shape index (κ3) is 1.89. The Labute approximate surface area is 105 Å². The van der Waals surface area contributed by atoms with Crippen LogP contribution >= 0.6 is 0 Å². The van der Waals surface area contributed by atoms with Gasteiger partial charge in [0.15, 0.2) is 0 Å². The highest BCUT2D eigenvalue weighted by Gasteiger charge is 2.25. The van der Waals surface area contributed by atoms with E-state index in [2.05, 4.69) is 5.32 Å². The van der Waals surface area contributed by atoms with Crippen molar-refractivity contribution in [1.29, 1.82) is 0 Å². The number of halogens is 1. The number of aliphatic hydroxyl groups excluding tert-OH is 1. The molecule has 1 aliphatic rings. The minimum absolute atomic E-state index is 0.0823. The summed E-state index contributed by atoms with van der Waals surface area (Å²) in [7, 11) is 0. The molecule has 0 radical (unpaired) electrons. The van der Waals surface area contributed by atoms with Gasteiger partial charge >= 0.3 is 0 Å². The molecule has 0 aromatic heterocycles. The van der Waals surface area contributed by atoms with Crippen LogP contribution in [-0.2, 0) is 0 Å². The molecule has 18 heavy (non-hydrogen) atoms. The van der Waals surface area contributed by atoms with Crippen LogP contribution in [0.1, 0.15) is 24.5 Å². The van der Waals surface area contributed by atoms with E-state index in [0.29, 0.717) is 5.39 Å². The van der Waals surface area contributed by atoms with Crippen LogP contribution in [-0.4, -0.2) is 17.7 Å².